The van der Waals surface area contributed by atoms with E-state index >= 15 is 0 Å². The maximum Gasteiger partial charge on any atom is 0.186 e. The zero-order chi connectivity index (χ0) is 34.5. The molecule has 1 aliphatic rings. The smallest absolute Gasteiger partial charge is 0.186 e. The first-order valence-corrected chi connectivity index (χ1v) is 18.6. The van der Waals surface area contributed by atoms with E-state index in [1.807, 2.05) is 0 Å². The van der Waals surface area contributed by atoms with E-state index in [4.69, 9.17) is 9.47 Å². The molecule has 12 nitrogen and oxygen atoms in total. The lowest BCUT2D eigenvalue weighted by atomic mass is 9.88. The maximum absolute atomic E-state index is 10.9. The van der Waals surface area contributed by atoms with Crippen molar-refractivity contribution in [3.8, 4) is 0 Å². The number of hydrogen-bond donors (Lipinski definition) is 6. The van der Waals surface area contributed by atoms with Gasteiger partial charge in [-0.2, -0.15) is 0 Å². The first kappa shape index (κ1) is 41.9. The van der Waals surface area contributed by atoms with Crippen molar-refractivity contribution in [2.24, 2.45) is 0 Å². The second kappa shape index (κ2) is 24.0. The van der Waals surface area contributed by atoms with Gasteiger partial charge in [-0.25, -0.2) is 4.68 Å². The lowest BCUT2D eigenvalue weighted by molar-refractivity contribution is -0.307. The topological polar surface area (TPSA) is 174 Å². The molecule has 1 saturated heterocycles. The molecule has 1 aromatic heterocycles. The fourth-order valence-corrected chi connectivity index (χ4v) is 6.30. The number of aryl methyl sites for hydroxylation is 1. The van der Waals surface area contributed by atoms with E-state index in [2.05, 4.69) is 29.1 Å². The number of aliphatic hydroxyl groups is 6. The van der Waals surface area contributed by atoms with Gasteiger partial charge in [0.05, 0.1) is 37.7 Å². The van der Waals surface area contributed by atoms with Crippen LogP contribution in [0.1, 0.15) is 135 Å². The third-order valence-corrected chi connectivity index (χ3v) is 9.54. The first-order chi connectivity index (χ1) is 22.7. The summed E-state index contributed by atoms with van der Waals surface area (Å²) in [5, 5.41) is 70.4. The largest absolute Gasteiger partial charge is 0.394 e. The SMILES string of the molecule is CCCCCCCN(CCCCCCC)CCCCCCc1cn([C@@H](COC2OC(CO)CC(O)(CO)C2O)[C@H](O)[C@H](O)CC)nn1. The van der Waals surface area contributed by atoms with E-state index in [-0.39, 0.29) is 13.0 Å². The molecule has 0 radical (unpaired) electrons. The van der Waals surface area contributed by atoms with Crippen LogP contribution in [0.3, 0.4) is 0 Å². The zero-order valence-electron chi connectivity index (χ0n) is 29.6. The van der Waals surface area contributed by atoms with E-state index < -0.39 is 55.6 Å². The van der Waals surface area contributed by atoms with Gasteiger partial charge in [0.25, 0.3) is 0 Å². The minimum atomic E-state index is -1.91. The van der Waals surface area contributed by atoms with E-state index in [1.54, 1.807) is 13.1 Å². The van der Waals surface area contributed by atoms with Gasteiger partial charge in [-0.15, -0.1) is 5.10 Å². The third-order valence-electron chi connectivity index (χ3n) is 9.54. The number of rotatable bonds is 28. The van der Waals surface area contributed by atoms with E-state index in [1.165, 1.54) is 88.4 Å². The summed E-state index contributed by atoms with van der Waals surface area (Å²) in [6.07, 6.45) is 14.1. The Hall–Kier alpha value is -1.22. The summed E-state index contributed by atoms with van der Waals surface area (Å²) in [4.78, 5) is 2.67. The summed E-state index contributed by atoms with van der Waals surface area (Å²) in [7, 11) is 0. The summed E-state index contributed by atoms with van der Waals surface area (Å²) in [6.45, 7) is 8.45. The molecule has 276 valence electrons. The van der Waals surface area contributed by atoms with Crippen molar-refractivity contribution in [1.29, 1.82) is 0 Å². The fraction of sp³-hybridized carbons (Fsp3) is 0.943. The molecule has 6 N–H and O–H groups in total. The summed E-state index contributed by atoms with van der Waals surface area (Å²) in [5.74, 6) is 0. The summed E-state index contributed by atoms with van der Waals surface area (Å²) in [6, 6.07) is -0.853. The van der Waals surface area contributed by atoms with Gasteiger partial charge >= 0.3 is 0 Å². The average Bonchev–Trinajstić information content (AvgIpc) is 3.55. The van der Waals surface area contributed by atoms with Gasteiger partial charge < -0.3 is 45.0 Å². The second-order valence-corrected chi connectivity index (χ2v) is 13.6. The van der Waals surface area contributed by atoms with Crippen molar-refractivity contribution in [1.82, 2.24) is 19.9 Å². The Labute approximate surface area is 283 Å². The summed E-state index contributed by atoms with van der Waals surface area (Å²) >= 11 is 0. The van der Waals surface area contributed by atoms with Gasteiger partial charge in [-0.05, 0) is 58.2 Å². The lowest BCUT2D eigenvalue weighted by Gasteiger charge is -2.43. The van der Waals surface area contributed by atoms with Gasteiger partial charge in [0.2, 0.25) is 0 Å². The van der Waals surface area contributed by atoms with Crippen LogP contribution in [0.2, 0.25) is 0 Å². The lowest BCUT2D eigenvalue weighted by Crippen LogP contribution is -2.60. The zero-order valence-corrected chi connectivity index (χ0v) is 29.6. The van der Waals surface area contributed by atoms with E-state index in [0.29, 0.717) is 6.42 Å². The molecular formula is C35H68N4O8. The van der Waals surface area contributed by atoms with Crippen LogP contribution in [0.15, 0.2) is 6.20 Å². The van der Waals surface area contributed by atoms with Crippen LogP contribution in [0, 0.1) is 0 Å². The number of ether oxygens (including phenoxy) is 2. The molecule has 1 fully saturated rings. The van der Waals surface area contributed by atoms with Gasteiger partial charge in [-0.3, -0.25) is 0 Å². The quantitative estimate of drug-likeness (QED) is 0.0720. The second-order valence-electron chi connectivity index (χ2n) is 13.6. The van der Waals surface area contributed by atoms with Crippen molar-refractivity contribution >= 4 is 0 Å². The fourth-order valence-electron chi connectivity index (χ4n) is 6.30. The Balaban J connectivity index is 1.86. The summed E-state index contributed by atoms with van der Waals surface area (Å²) in [5.41, 5.74) is -1.13. The van der Waals surface area contributed by atoms with E-state index in [0.717, 1.165) is 37.9 Å². The Morgan fingerprint density at radius 3 is 2.02 bits per heavy atom. The standard InChI is InChI=1S/C35H68N4O8/c1-4-7-9-12-16-20-38(21-17-13-10-8-5-2)22-18-14-11-15-19-28-24-39(37-36-28)30(32(43)31(42)6-3)26-46-34-33(44)35(45,27-41)23-29(25-40)47-34/h24,29-34,40-45H,4-23,25-27H2,1-3H3/t29?,30-,31+,32-,33?,34?,35?/m0/s1. The molecule has 2 rings (SSSR count). The molecule has 0 aliphatic carbocycles. The van der Waals surface area contributed by atoms with E-state index in [9.17, 15) is 30.6 Å². The van der Waals surface area contributed by atoms with Crippen LogP contribution in [-0.2, 0) is 15.9 Å². The predicted molar refractivity (Wildman–Crippen MR) is 182 cm³/mol. The number of hydrogen-bond acceptors (Lipinski definition) is 11. The van der Waals surface area contributed by atoms with Gasteiger partial charge in [0.15, 0.2) is 6.29 Å². The highest BCUT2D eigenvalue weighted by atomic mass is 16.7. The van der Waals surface area contributed by atoms with Crippen molar-refractivity contribution in [2.45, 2.75) is 172 Å². The van der Waals surface area contributed by atoms with Crippen molar-refractivity contribution in [2.75, 3.05) is 39.5 Å². The Morgan fingerprint density at radius 2 is 1.49 bits per heavy atom. The number of aliphatic hydroxyl groups excluding tert-OH is 5. The van der Waals surface area contributed by atoms with Crippen molar-refractivity contribution in [3.05, 3.63) is 11.9 Å². The van der Waals surface area contributed by atoms with Crippen LogP contribution >= 0.6 is 0 Å². The normalized spacial score (nSPS) is 23.7. The highest BCUT2D eigenvalue weighted by molar-refractivity contribution is 4.97. The molecule has 1 aromatic rings. The Morgan fingerprint density at radius 1 is 0.915 bits per heavy atom. The van der Waals surface area contributed by atoms with Gasteiger partial charge in [0.1, 0.15) is 23.9 Å². The minimum absolute atomic E-state index is 0.162. The van der Waals surface area contributed by atoms with Gasteiger partial charge in [0, 0.05) is 12.6 Å². The molecule has 0 spiro atoms. The Kier molecular flexibility index (Phi) is 21.4. The van der Waals surface area contributed by atoms with Gasteiger partial charge in [-0.1, -0.05) is 90.2 Å². The molecule has 0 saturated carbocycles. The number of aromatic nitrogens is 3. The average molecular weight is 673 g/mol. The van der Waals surface area contributed by atoms with Crippen LogP contribution in [0.4, 0.5) is 0 Å². The van der Waals surface area contributed by atoms with Crippen LogP contribution in [0.25, 0.3) is 0 Å². The van der Waals surface area contributed by atoms with Crippen molar-refractivity contribution in [3.63, 3.8) is 0 Å². The Bertz CT molecular complexity index is 897. The van der Waals surface area contributed by atoms with Crippen LogP contribution in [0.5, 0.6) is 0 Å². The monoisotopic (exact) mass is 673 g/mol. The van der Waals surface area contributed by atoms with Crippen LogP contribution < -0.4 is 0 Å². The minimum Gasteiger partial charge on any atom is -0.394 e. The first-order valence-electron chi connectivity index (χ1n) is 18.6. The molecule has 4 unspecified atom stereocenters. The van der Waals surface area contributed by atoms with Crippen molar-refractivity contribution < 1.29 is 40.1 Å². The molecular weight excluding hydrogens is 604 g/mol. The highest BCUT2D eigenvalue weighted by Crippen LogP contribution is 2.31. The number of unbranched alkanes of at least 4 members (excludes halogenated alkanes) is 11. The third kappa shape index (κ3) is 15.1. The molecule has 0 aromatic carbocycles. The molecule has 7 atom stereocenters. The molecule has 0 bridgehead atoms. The van der Waals surface area contributed by atoms with Crippen LogP contribution in [-0.4, -0.2) is 126 Å². The molecule has 0 amide bonds. The number of nitrogens with zero attached hydrogens (tertiary/aromatic N) is 4. The maximum atomic E-state index is 10.9. The molecule has 47 heavy (non-hydrogen) atoms. The molecule has 1 aliphatic heterocycles. The highest BCUT2D eigenvalue weighted by Gasteiger charge is 2.48. The predicted octanol–water partition coefficient (Wildman–Crippen LogP) is 3.50. The molecule has 2 heterocycles. The summed E-state index contributed by atoms with van der Waals surface area (Å²) < 4.78 is 12.8. The molecule has 12 heteroatoms.